The van der Waals surface area contributed by atoms with E-state index in [4.69, 9.17) is 4.74 Å². The molecular formula is C12H27NO2. The first kappa shape index (κ1) is 14.9. The Labute approximate surface area is 94.2 Å². The molecule has 1 unspecified atom stereocenters. The Morgan fingerprint density at radius 2 is 1.80 bits per heavy atom. The molecule has 0 bridgehead atoms. The zero-order chi connectivity index (χ0) is 11.9. The van der Waals surface area contributed by atoms with Crippen molar-refractivity contribution in [3.05, 3.63) is 0 Å². The zero-order valence-corrected chi connectivity index (χ0v) is 10.9. The van der Waals surface area contributed by atoms with Crippen molar-refractivity contribution >= 4 is 0 Å². The van der Waals surface area contributed by atoms with Gasteiger partial charge in [-0.15, -0.1) is 0 Å². The van der Waals surface area contributed by atoms with Gasteiger partial charge in [0.1, 0.15) is 0 Å². The molecule has 0 saturated carbocycles. The first-order valence-corrected chi connectivity index (χ1v) is 5.83. The summed E-state index contributed by atoms with van der Waals surface area (Å²) in [7, 11) is 0. The summed E-state index contributed by atoms with van der Waals surface area (Å²) >= 11 is 0. The van der Waals surface area contributed by atoms with E-state index in [9.17, 15) is 5.11 Å². The summed E-state index contributed by atoms with van der Waals surface area (Å²) in [6, 6.07) is 0. The van der Waals surface area contributed by atoms with E-state index in [1.54, 1.807) is 0 Å². The van der Waals surface area contributed by atoms with Crippen LogP contribution in [0.25, 0.3) is 0 Å². The van der Waals surface area contributed by atoms with Crippen LogP contribution in [-0.2, 0) is 4.74 Å². The third-order valence-electron chi connectivity index (χ3n) is 2.36. The van der Waals surface area contributed by atoms with Crippen LogP contribution in [0, 0.1) is 0 Å². The SMILES string of the molecule is CCNC(C)(CO)CCCOC(C)(C)C. The molecule has 92 valence electrons. The second-order valence-corrected chi connectivity index (χ2v) is 5.31. The molecule has 0 rings (SSSR count). The minimum absolute atomic E-state index is 0.0617. The van der Waals surface area contributed by atoms with Crippen molar-refractivity contribution in [2.24, 2.45) is 0 Å². The number of likely N-dealkylation sites (N-methyl/N-ethyl adjacent to an activating group) is 1. The fourth-order valence-corrected chi connectivity index (χ4v) is 1.49. The van der Waals surface area contributed by atoms with Crippen molar-refractivity contribution in [1.82, 2.24) is 5.32 Å². The van der Waals surface area contributed by atoms with Crippen molar-refractivity contribution in [2.75, 3.05) is 19.8 Å². The lowest BCUT2D eigenvalue weighted by molar-refractivity contribution is -0.00799. The number of aliphatic hydroxyl groups is 1. The number of ether oxygens (including phenoxy) is 1. The van der Waals surface area contributed by atoms with Crippen LogP contribution in [0.1, 0.15) is 47.5 Å². The molecule has 1 atom stereocenters. The normalized spacial score (nSPS) is 16.4. The summed E-state index contributed by atoms with van der Waals surface area (Å²) in [5, 5.41) is 12.6. The highest BCUT2D eigenvalue weighted by atomic mass is 16.5. The van der Waals surface area contributed by atoms with Gasteiger partial charge in [0.15, 0.2) is 0 Å². The topological polar surface area (TPSA) is 41.5 Å². The first-order valence-electron chi connectivity index (χ1n) is 5.83. The van der Waals surface area contributed by atoms with Gasteiger partial charge < -0.3 is 15.2 Å². The molecule has 3 heteroatoms. The Bertz CT molecular complexity index is 165. The van der Waals surface area contributed by atoms with Gasteiger partial charge in [-0.3, -0.25) is 0 Å². The van der Waals surface area contributed by atoms with Crippen LogP contribution in [0.5, 0.6) is 0 Å². The Hall–Kier alpha value is -0.120. The van der Waals surface area contributed by atoms with Gasteiger partial charge in [0.2, 0.25) is 0 Å². The van der Waals surface area contributed by atoms with Gasteiger partial charge in [-0.25, -0.2) is 0 Å². The molecule has 0 radical (unpaired) electrons. The molecule has 0 heterocycles. The highest BCUT2D eigenvalue weighted by molar-refractivity contribution is 4.81. The van der Waals surface area contributed by atoms with Gasteiger partial charge in [0.05, 0.1) is 12.2 Å². The number of aliphatic hydroxyl groups excluding tert-OH is 1. The molecule has 0 aromatic carbocycles. The highest BCUT2D eigenvalue weighted by Gasteiger charge is 2.21. The van der Waals surface area contributed by atoms with E-state index in [2.05, 4.69) is 33.0 Å². The molecule has 0 aliphatic rings. The van der Waals surface area contributed by atoms with Crippen LogP contribution < -0.4 is 5.32 Å². The summed E-state index contributed by atoms with van der Waals surface area (Å²) < 4.78 is 5.64. The van der Waals surface area contributed by atoms with E-state index >= 15 is 0 Å². The summed E-state index contributed by atoms with van der Waals surface area (Å²) in [6.45, 7) is 12.1. The Morgan fingerprint density at radius 1 is 1.20 bits per heavy atom. The summed E-state index contributed by atoms with van der Waals surface area (Å²) in [4.78, 5) is 0. The van der Waals surface area contributed by atoms with Crippen LogP contribution in [0.2, 0.25) is 0 Å². The van der Waals surface area contributed by atoms with Gasteiger partial charge >= 0.3 is 0 Å². The smallest absolute Gasteiger partial charge is 0.0610 e. The standard InChI is InChI=1S/C12H27NO2/c1-6-13-12(5,10-14)8-7-9-15-11(2,3)4/h13-14H,6-10H2,1-5H3. The lowest BCUT2D eigenvalue weighted by Crippen LogP contribution is -2.45. The molecule has 3 nitrogen and oxygen atoms in total. The van der Waals surface area contributed by atoms with Gasteiger partial charge in [-0.1, -0.05) is 6.92 Å². The molecule has 15 heavy (non-hydrogen) atoms. The molecule has 0 spiro atoms. The maximum atomic E-state index is 9.27. The van der Waals surface area contributed by atoms with Crippen molar-refractivity contribution in [3.63, 3.8) is 0 Å². The van der Waals surface area contributed by atoms with Gasteiger partial charge in [0, 0.05) is 12.1 Å². The third-order valence-corrected chi connectivity index (χ3v) is 2.36. The third kappa shape index (κ3) is 7.77. The molecular weight excluding hydrogens is 190 g/mol. The molecule has 0 aromatic rings. The predicted octanol–water partition coefficient (Wildman–Crippen LogP) is 1.94. The number of hydrogen-bond donors (Lipinski definition) is 2. The van der Waals surface area contributed by atoms with Crippen molar-refractivity contribution in [2.45, 2.75) is 58.6 Å². The first-order chi connectivity index (χ1) is 6.83. The number of hydrogen-bond acceptors (Lipinski definition) is 3. The van der Waals surface area contributed by atoms with E-state index in [0.717, 1.165) is 26.0 Å². The minimum atomic E-state index is -0.157. The molecule has 0 amide bonds. The molecule has 0 aliphatic heterocycles. The minimum Gasteiger partial charge on any atom is -0.394 e. The summed E-state index contributed by atoms with van der Waals surface area (Å²) in [5.74, 6) is 0. The van der Waals surface area contributed by atoms with Crippen LogP contribution in [0.3, 0.4) is 0 Å². The van der Waals surface area contributed by atoms with Crippen LogP contribution >= 0.6 is 0 Å². The maximum absolute atomic E-state index is 9.27. The summed E-state index contributed by atoms with van der Waals surface area (Å²) in [6.07, 6.45) is 1.91. The van der Waals surface area contributed by atoms with E-state index < -0.39 is 0 Å². The maximum Gasteiger partial charge on any atom is 0.0610 e. The second kappa shape index (κ2) is 6.46. The van der Waals surface area contributed by atoms with E-state index in [0.29, 0.717) is 0 Å². The summed E-state index contributed by atoms with van der Waals surface area (Å²) in [5.41, 5.74) is -0.218. The fourth-order valence-electron chi connectivity index (χ4n) is 1.49. The molecule has 0 aromatic heterocycles. The van der Waals surface area contributed by atoms with Crippen molar-refractivity contribution in [3.8, 4) is 0 Å². The van der Waals surface area contributed by atoms with Gasteiger partial charge in [0.25, 0.3) is 0 Å². The van der Waals surface area contributed by atoms with Crippen molar-refractivity contribution in [1.29, 1.82) is 0 Å². The number of rotatable bonds is 7. The lowest BCUT2D eigenvalue weighted by Gasteiger charge is -2.29. The quantitative estimate of drug-likeness (QED) is 0.640. The van der Waals surface area contributed by atoms with Crippen LogP contribution in [0.4, 0.5) is 0 Å². The average molecular weight is 217 g/mol. The number of nitrogens with one attached hydrogen (secondary N) is 1. The Morgan fingerprint density at radius 3 is 2.20 bits per heavy atom. The van der Waals surface area contributed by atoms with Gasteiger partial charge in [-0.05, 0) is 47.1 Å². The van der Waals surface area contributed by atoms with Crippen LogP contribution in [0.15, 0.2) is 0 Å². The fraction of sp³-hybridized carbons (Fsp3) is 1.00. The Kier molecular flexibility index (Phi) is 6.41. The van der Waals surface area contributed by atoms with E-state index in [1.165, 1.54) is 0 Å². The van der Waals surface area contributed by atoms with Gasteiger partial charge in [-0.2, -0.15) is 0 Å². The monoisotopic (exact) mass is 217 g/mol. The molecule has 2 N–H and O–H groups in total. The lowest BCUT2D eigenvalue weighted by atomic mass is 9.97. The van der Waals surface area contributed by atoms with Crippen LogP contribution in [-0.4, -0.2) is 36.0 Å². The molecule has 0 aliphatic carbocycles. The van der Waals surface area contributed by atoms with E-state index in [1.807, 2.05) is 6.92 Å². The second-order valence-electron chi connectivity index (χ2n) is 5.31. The predicted molar refractivity (Wildman–Crippen MR) is 64.1 cm³/mol. The molecule has 0 saturated heterocycles. The van der Waals surface area contributed by atoms with Crippen molar-refractivity contribution < 1.29 is 9.84 Å². The van der Waals surface area contributed by atoms with E-state index in [-0.39, 0.29) is 17.7 Å². The highest BCUT2D eigenvalue weighted by Crippen LogP contribution is 2.13. The zero-order valence-electron chi connectivity index (χ0n) is 10.9. The Balaban J connectivity index is 3.73. The molecule has 0 fully saturated rings. The largest absolute Gasteiger partial charge is 0.394 e. The average Bonchev–Trinajstić information content (AvgIpc) is 2.12.